The summed E-state index contributed by atoms with van der Waals surface area (Å²) in [6, 6.07) is 11.0. The highest BCUT2D eigenvalue weighted by atomic mass is 127. The monoisotopic (exact) mass is 490 g/mol. The Morgan fingerprint density at radius 2 is 1.18 bits per heavy atom. The number of hydrogen-bond donors (Lipinski definition) is 0. The topological polar surface area (TPSA) is 9.23 Å². The second kappa shape index (κ2) is 5.95. The van der Waals surface area contributed by atoms with Gasteiger partial charge in [-0.3, -0.25) is 0 Å². The fourth-order valence-corrected chi connectivity index (χ4v) is 3.20. The molecule has 0 heterocycles. The lowest BCUT2D eigenvalue weighted by Gasteiger charge is -2.09. The fraction of sp³-hybridized carbons (Fsp3) is 0. The molecule has 0 aliphatic carbocycles. The summed E-state index contributed by atoms with van der Waals surface area (Å²) in [6.07, 6.45) is 0. The van der Waals surface area contributed by atoms with E-state index in [0.29, 0.717) is 10.0 Å². The molecular weight excluding hydrogens is 485 g/mol. The molecule has 0 amide bonds. The van der Waals surface area contributed by atoms with Crippen molar-refractivity contribution in [3.63, 3.8) is 0 Å². The average Bonchev–Trinajstić information content (AvgIpc) is 2.25. The molecule has 2 rings (SSSR count). The first-order chi connectivity index (χ1) is 8.06. The molecular formula is C12H6Cl2I2O. The molecule has 88 valence electrons. The zero-order valence-electron chi connectivity index (χ0n) is 8.38. The Labute approximate surface area is 137 Å². The minimum absolute atomic E-state index is 0.701. The average molecular weight is 491 g/mol. The Morgan fingerprint density at radius 1 is 0.765 bits per heavy atom. The second-order valence-corrected chi connectivity index (χ2v) is 6.45. The van der Waals surface area contributed by atoms with E-state index in [4.69, 9.17) is 27.9 Å². The molecule has 2 aromatic rings. The Hall–Kier alpha value is 0.280. The summed E-state index contributed by atoms with van der Waals surface area (Å²) in [5.74, 6) is 1.57. The van der Waals surface area contributed by atoms with Crippen LogP contribution in [-0.4, -0.2) is 0 Å². The van der Waals surface area contributed by atoms with Gasteiger partial charge in [-0.15, -0.1) is 0 Å². The maximum absolute atomic E-state index is 5.89. The van der Waals surface area contributed by atoms with Crippen molar-refractivity contribution >= 4 is 68.4 Å². The molecule has 2 aromatic carbocycles. The molecule has 0 saturated heterocycles. The SMILES string of the molecule is Clc1ccc(Oc2ccc(Cl)cc2I)c(I)c1. The highest BCUT2D eigenvalue weighted by molar-refractivity contribution is 14.1. The van der Waals surface area contributed by atoms with Gasteiger partial charge in [0.05, 0.1) is 7.14 Å². The van der Waals surface area contributed by atoms with Crippen LogP contribution in [-0.2, 0) is 0 Å². The van der Waals surface area contributed by atoms with Crippen LogP contribution >= 0.6 is 68.4 Å². The van der Waals surface area contributed by atoms with Crippen molar-refractivity contribution in [2.75, 3.05) is 0 Å². The molecule has 0 N–H and O–H groups in total. The molecule has 0 aromatic heterocycles. The molecule has 0 aliphatic rings. The molecule has 0 bridgehead atoms. The van der Waals surface area contributed by atoms with E-state index in [0.717, 1.165) is 18.6 Å². The van der Waals surface area contributed by atoms with Crippen LogP contribution in [0.15, 0.2) is 36.4 Å². The third-order valence-corrected chi connectivity index (χ3v) is 4.16. The first-order valence-electron chi connectivity index (χ1n) is 4.64. The molecule has 0 spiro atoms. The predicted octanol–water partition coefficient (Wildman–Crippen LogP) is 5.99. The van der Waals surface area contributed by atoms with Crippen molar-refractivity contribution in [3.05, 3.63) is 53.6 Å². The molecule has 17 heavy (non-hydrogen) atoms. The van der Waals surface area contributed by atoms with Gasteiger partial charge in [-0.25, -0.2) is 0 Å². The molecule has 1 nitrogen and oxygen atoms in total. The van der Waals surface area contributed by atoms with Gasteiger partial charge in [0, 0.05) is 10.0 Å². The number of rotatable bonds is 2. The summed E-state index contributed by atoms with van der Waals surface area (Å²) < 4.78 is 7.76. The summed E-state index contributed by atoms with van der Waals surface area (Å²) in [5, 5.41) is 1.40. The number of halogens is 4. The van der Waals surface area contributed by atoms with E-state index >= 15 is 0 Å². The van der Waals surface area contributed by atoms with Crippen LogP contribution in [0.5, 0.6) is 11.5 Å². The van der Waals surface area contributed by atoms with Crippen molar-refractivity contribution in [1.82, 2.24) is 0 Å². The number of ether oxygens (including phenoxy) is 1. The van der Waals surface area contributed by atoms with Gasteiger partial charge in [0.25, 0.3) is 0 Å². The van der Waals surface area contributed by atoms with Crippen molar-refractivity contribution in [3.8, 4) is 11.5 Å². The maximum atomic E-state index is 5.89. The first kappa shape index (κ1) is 13.7. The molecule has 0 radical (unpaired) electrons. The van der Waals surface area contributed by atoms with Crippen molar-refractivity contribution in [2.45, 2.75) is 0 Å². The van der Waals surface area contributed by atoms with Crippen LogP contribution in [0.4, 0.5) is 0 Å². The van der Waals surface area contributed by atoms with Crippen LogP contribution in [0.1, 0.15) is 0 Å². The van der Waals surface area contributed by atoms with Crippen LogP contribution in [0.25, 0.3) is 0 Å². The fourth-order valence-electron chi connectivity index (χ4n) is 1.23. The van der Waals surface area contributed by atoms with Crippen molar-refractivity contribution < 1.29 is 4.74 Å². The number of hydrogen-bond acceptors (Lipinski definition) is 1. The van der Waals surface area contributed by atoms with E-state index < -0.39 is 0 Å². The minimum atomic E-state index is 0.701. The first-order valence-corrected chi connectivity index (χ1v) is 7.55. The van der Waals surface area contributed by atoms with Gasteiger partial charge in [-0.1, -0.05) is 23.2 Å². The molecule has 0 aliphatic heterocycles. The second-order valence-electron chi connectivity index (χ2n) is 3.25. The highest BCUT2D eigenvalue weighted by Gasteiger charge is 2.06. The largest absolute Gasteiger partial charge is 0.455 e. The van der Waals surface area contributed by atoms with Crippen molar-refractivity contribution in [1.29, 1.82) is 0 Å². The van der Waals surface area contributed by atoms with Crippen LogP contribution in [0.2, 0.25) is 10.0 Å². The lowest BCUT2D eigenvalue weighted by atomic mass is 10.3. The van der Waals surface area contributed by atoms with Gasteiger partial charge in [0.15, 0.2) is 0 Å². The van der Waals surface area contributed by atoms with Crippen LogP contribution in [0, 0.1) is 7.14 Å². The van der Waals surface area contributed by atoms with Crippen molar-refractivity contribution in [2.24, 2.45) is 0 Å². The van der Waals surface area contributed by atoms with Gasteiger partial charge in [0.2, 0.25) is 0 Å². The predicted molar refractivity (Wildman–Crippen MR) is 88.4 cm³/mol. The van der Waals surface area contributed by atoms with Gasteiger partial charge < -0.3 is 4.74 Å². The minimum Gasteiger partial charge on any atom is -0.455 e. The standard InChI is InChI=1S/C12H6Cl2I2O/c13-7-1-3-11(9(15)5-7)17-12-4-2-8(14)6-10(12)16/h1-6H. The Kier molecular flexibility index (Phi) is 4.80. The highest BCUT2D eigenvalue weighted by Crippen LogP contribution is 2.32. The summed E-state index contributed by atoms with van der Waals surface area (Å²) >= 11 is 16.2. The zero-order chi connectivity index (χ0) is 12.4. The summed E-state index contributed by atoms with van der Waals surface area (Å²) in [5.41, 5.74) is 0. The van der Waals surface area contributed by atoms with Gasteiger partial charge in [0.1, 0.15) is 11.5 Å². The normalized spacial score (nSPS) is 10.4. The smallest absolute Gasteiger partial charge is 0.140 e. The Bertz CT molecular complexity index is 509. The molecule has 5 heteroatoms. The maximum Gasteiger partial charge on any atom is 0.140 e. The quantitative estimate of drug-likeness (QED) is 0.470. The van der Waals surface area contributed by atoms with Gasteiger partial charge in [-0.2, -0.15) is 0 Å². The molecule has 0 saturated carbocycles. The van der Waals surface area contributed by atoms with E-state index in [1.165, 1.54) is 0 Å². The Morgan fingerprint density at radius 3 is 1.53 bits per heavy atom. The lowest BCUT2D eigenvalue weighted by molar-refractivity contribution is 0.476. The van der Waals surface area contributed by atoms with Crippen LogP contribution < -0.4 is 4.74 Å². The molecule has 0 unspecified atom stereocenters. The van der Waals surface area contributed by atoms with Gasteiger partial charge >= 0.3 is 0 Å². The molecule has 0 fully saturated rings. The van der Waals surface area contributed by atoms with E-state index in [-0.39, 0.29) is 0 Å². The summed E-state index contributed by atoms with van der Waals surface area (Å²) in [4.78, 5) is 0. The lowest BCUT2D eigenvalue weighted by Crippen LogP contribution is -1.89. The zero-order valence-corrected chi connectivity index (χ0v) is 14.2. The molecule has 0 atom stereocenters. The van der Waals surface area contributed by atoms with Crippen LogP contribution in [0.3, 0.4) is 0 Å². The summed E-state index contributed by atoms with van der Waals surface area (Å²) in [7, 11) is 0. The van der Waals surface area contributed by atoms with Gasteiger partial charge in [-0.05, 0) is 81.6 Å². The van der Waals surface area contributed by atoms with E-state index in [1.807, 2.05) is 36.4 Å². The van der Waals surface area contributed by atoms with E-state index in [2.05, 4.69) is 45.2 Å². The van der Waals surface area contributed by atoms with E-state index in [9.17, 15) is 0 Å². The third-order valence-electron chi connectivity index (χ3n) is 2.01. The van der Waals surface area contributed by atoms with E-state index in [1.54, 1.807) is 0 Å². The Balaban J connectivity index is 2.31. The third kappa shape index (κ3) is 3.62. The summed E-state index contributed by atoms with van der Waals surface area (Å²) in [6.45, 7) is 0. The number of benzene rings is 2.